The average molecular weight is 324 g/mol. The minimum atomic E-state index is -0.255. The summed E-state index contributed by atoms with van der Waals surface area (Å²) in [4.78, 5) is 27.7. The maximum absolute atomic E-state index is 12.6. The number of hydrogen-bond donors (Lipinski definition) is 0. The molecule has 1 atom stereocenters. The Hall–Kier alpha value is -2.34. The van der Waals surface area contributed by atoms with Crippen molar-refractivity contribution in [2.75, 3.05) is 19.7 Å². The fourth-order valence-electron chi connectivity index (χ4n) is 3.47. The van der Waals surface area contributed by atoms with Gasteiger partial charge in [0.05, 0.1) is 5.69 Å². The van der Waals surface area contributed by atoms with Crippen molar-refractivity contribution in [2.45, 2.75) is 31.8 Å². The number of carbonyl (C=O) groups is 1. The van der Waals surface area contributed by atoms with E-state index in [9.17, 15) is 4.79 Å². The van der Waals surface area contributed by atoms with E-state index in [2.05, 4.69) is 15.0 Å². The smallest absolute Gasteiger partial charge is 0.251 e. The Balaban J connectivity index is 1.58. The number of nitrogens with zero attached hydrogens (tertiary/aromatic N) is 4. The second kappa shape index (κ2) is 6.65. The lowest BCUT2D eigenvalue weighted by Crippen LogP contribution is -2.40. The van der Waals surface area contributed by atoms with Crippen molar-refractivity contribution in [1.82, 2.24) is 19.9 Å². The van der Waals surface area contributed by atoms with Gasteiger partial charge in [0, 0.05) is 55.3 Å². The van der Waals surface area contributed by atoms with Crippen molar-refractivity contribution >= 4 is 5.91 Å². The van der Waals surface area contributed by atoms with Gasteiger partial charge in [0.25, 0.3) is 5.91 Å². The summed E-state index contributed by atoms with van der Waals surface area (Å²) in [5.41, 5.74) is 4.09. The van der Waals surface area contributed by atoms with Crippen LogP contribution in [0.2, 0.25) is 0 Å². The highest BCUT2D eigenvalue weighted by Gasteiger charge is 2.30. The first-order chi connectivity index (χ1) is 11.8. The molecule has 6 heteroatoms. The van der Waals surface area contributed by atoms with Gasteiger partial charge in [-0.25, -0.2) is 9.97 Å². The van der Waals surface area contributed by atoms with E-state index in [-0.39, 0.29) is 12.0 Å². The molecule has 2 aliphatic rings. The van der Waals surface area contributed by atoms with Crippen molar-refractivity contribution in [1.29, 1.82) is 0 Å². The summed E-state index contributed by atoms with van der Waals surface area (Å²) in [6.45, 7) is 2.07. The van der Waals surface area contributed by atoms with Crippen molar-refractivity contribution in [3.63, 3.8) is 0 Å². The summed E-state index contributed by atoms with van der Waals surface area (Å²) >= 11 is 0. The van der Waals surface area contributed by atoms with E-state index in [1.807, 2.05) is 23.2 Å². The standard InChI is InChI=1S/C18H20N4O2/c23-18(16-4-2-10-24-16)22-8-5-14-15(6-9-22)20-12-21-17(14)13-3-1-7-19-11-13/h1,3,7,11-12,16H,2,4-6,8-10H2/t16-/m0/s1. The van der Waals surface area contributed by atoms with Gasteiger partial charge < -0.3 is 9.64 Å². The quantitative estimate of drug-likeness (QED) is 0.840. The molecule has 0 aliphatic carbocycles. The Morgan fingerprint density at radius 3 is 2.96 bits per heavy atom. The first-order valence-corrected chi connectivity index (χ1v) is 8.46. The molecular formula is C18H20N4O2. The minimum Gasteiger partial charge on any atom is -0.368 e. The number of ether oxygens (including phenoxy) is 1. The predicted molar refractivity (Wildman–Crippen MR) is 88.2 cm³/mol. The molecule has 0 unspecified atom stereocenters. The second-order valence-electron chi connectivity index (χ2n) is 6.22. The van der Waals surface area contributed by atoms with Crippen LogP contribution in [0.1, 0.15) is 24.1 Å². The highest BCUT2D eigenvalue weighted by atomic mass is 16.5. The monoisotopic (exact) mass is 324 g/mol. The summed E-state index contributed by atoms with van der Waals surface area (Å²) < 4.78 is 5.55. The zero-order valence-corrected chi connectivity index (χ0v) is 13.5. The molecule has 2 aromatic rings. The number of fused-ring (bicyclic) bond motifs is 1. The van der Waals surface area contributed by atoms with Gasteiger partial charge in [0.15, 0.2) is 0 Å². The first kappa shape index (κ1) is 15.2. The van der Waals surface area contributed by atoms with Gasteiger partial charge in [0.1, 0.15) is 12.4 Å². The van der Waals surface area contributed by atoms with Crippen molar-refractivity contribution in [3.05, 3.63) is 42.1 Å². The Morgan fingerprint density at radius 1 is 1.25 bits per heavy atom. The zero-order valence-electron chi connectivity index (χ0n) is 13.5. The fourth-order valence-corrected chi connectivity index (χ4v) is 3.47. The number of carbonyl (C=O) groups excluding carboxylic acids is 1. The van der Waals surface area contributed by atoms with Crippen LogP contribution in [0.5, 0.6) is 0 Å². The molecule has 1 fully saturated rings. The first-order valence-electron chi connectivity index (χ1n) is 8.46. The molecule has 1 amide bonds. The number of aromatic nitrogens is 3. The third kappa shape index (κ3) is 2.89. The van der Waals surface area contributed by atoms with Gasteiger partial charge in [-0.2, -0.15) is 0 Å². The average Bonchev–Trinajstić information content (AvgIpc) is 3.08. The molecule has 2 aliphatic heterocycles. The topological polar surface area (TPSA) is 68.2 Å². The van der Waals surface area contributed by atoms with E-state index in [1.165, 1.54) is 0 Å². The lowest BCUT2D eigenvalue weighted by atomic mass is 10.0. The van der Waals surface area contributed by atoms with E-state index < -0.39 is 0 Å². The van der Waals surface area contributed by atoms with Crippen LogP contribution in [0.25, 0.3) is 11.3 Å². The van der Waals surface area contributed by atoms with E-state index in [0.717, 1.165) is 48.2 Å². The molecule has 2 aromatic heterocycles. The summed E-state index contributed by atoms with van der Waals surface area (Å²) in [6, 6.07) is 3.92. The van der Waals surface area contributed by atoms with Gasteiger partial charge in [-0.15, -0.1) is 0 Å². The fraction of sp³-hybridized carbons (Fsp3) is 0.444. The highest BCUT2D eigenvalue weighted by Crippen LogP contribution is 2.26. The van der Waals surface area contributed by atoms with Crippen LogP contribution in [-0.4, -0.2) is 51.6 Å². The van der Waals surface area contributed by atoms with Gasteiger partial charge in [-0.1, -0.05) is 0 Å². The maximum Gasteiger partial charge on any atom is 0.251 e. The van der Waals surface area contributed by atoms with Crippen LogP contribution in [-0.2, 0) is 22.4 Å². The minimum absolute atomic E-state index is 0.121. The molecule has 124 valence electrons. The molecule has 0 radical (unpaired) electrons. The Morgan fingerprint density at radius 2 is 2.17 bits per heavy atom. The third-order valence-electron chi connectivity index (χ3n) is 4.74. The molecule has 4 rings (SSSR count). The summed E-state index contributed by atoms with van der Waals surface area (Å²) in [6.07, 6.45) is 8.26. The van der Waals surface area contributed by atoms with Gasteiger partial charge in [0.2, 0.25) is 0 Å². The second-order valence-corrected chi connectivity index (χ2v) is 6.22. The summed E-state index contributed by atoms with van der Waals surface area (Å²) in [7, 11) is 0. The van der Waals surface area contributed by atoms with E-state index in [4.69, 9.17) is 4.74 Å². The molecule has 0 spiro atoms. The van der Waals surface area contributed by atoms with Crippen LogP contribution < -0.4 is 0 Å². The van der Waals surface area contributed by atoms with Crippen LogP contribution >= 0.6 is 0 Å². The number of rotatable bonds is 2. The van der Waals surface area contributed by atoms with Crippen LogP contribution in [0.15, 0.2) is 30.9 Å². The summed E-state index contributed by atoms with van der Waals surface area (Å²) in [5, 5.41) is 0. The maximum atomic E-state index is 12.6. The molecule has 0 aromatic carbocycles. The molecule has 4 heterocycles. The van der Waals surface area contributed by atoms with Crippen molar-refractivity contribution < 1.29 is 9.53 Å². The molecule has 6 nitrogen and oxygen atoms in total. The predicted octanol–water partition coefficient (Wildman–Crippen LogP) is 1.64. The van der Waals surface area contributed by atoms with Crippen molar-refractivity contribution in [3.8, 4) is 11.3 Å². The Bertz CT molecular complexity index is 729. The van der Waals surface area contributed by atoms with Gasteiger partial charge in [-0.3, -0.25) is 9.78 Å². The lowest BCUT2D eigenvalue weighted by molar-refractivity contribution is -0.140. The molecule has 0 bridgehead atoms. The van der Waals surface area contributed by atoms with Gasteiger partial charge in [-0.05, 0) is 31.4 Å². The Labute approximate surface area is 140 Å². The SMILES string of the molecule is O=C([C@@H]1CCCO1)N1CCc2ncnc(-c3cccnc3)c2CC1. The largest absolute Gasteiger partial charge is 0.368 e. The summed E-state index contributed by atoms with van der Waals surface area (Å²) in [5.74, 6) is 0.121. The zero-order chi connectivity index (χ0) is 16.4. The number of pyridine rings is 1. The molecular weight excluding hydrogens is 304 g/mol. The van der Waals surface area contributed by atoms with Crippen LogP contribution in [0.3, 0.4) is 0 Å². The lowest BCUT2D eigenvalue weighted by Gasteiger charge is -2.23. The van der Waals surface area contributed by atoms with E-state index >= 15 is 0 Å². The van der Waals surface area contributed by atoms with Crippen LogP contribution in [0.4, 0.5) is 0 Å². The van der Waals surface area contributed by atoms with Gasteiger partial charge >= 0.3 is 0 Å². The number of amides is 1. The molecule has 1 saturated heterocycles. The van der Waals surface area contributed by atoms with Crippen molar-refractivity contribution in [2.24, 2.45) is 0 Å². The Kier molecular flexibility index (Phi) is 4.21. The van der Waals surface area contributed by atoms with E-state index in [0.29, 0.717) is 19.7 Å². The highest BCUT2D eigenvalue weighted by molar-refractivity contribution is 5.81. The molecule has 24 heavy (non-hydrogen) atoms. The van der Waals surface area contributed by atoms with Crippen LogP contribution in [0, 0.1) is 0 Å². The normalized spacial score (nSPS) is 20.5. The molecule has 0 saturated carbocycles. The molecule has 0 N–H and O–H groups in total. The third-order valence-corrected chi connectivity index (χ3v) is 4.74. The number of hydrogen-bond acceptors (Lipinski definition) is 5. The van der Waals surface area contributed by atoms with E-state index in [1.54, 1.807) is 12.5 Å².